The highest BCUT2D eigenvalue weighted by Gasteiger charge is 2.23. The minimum absolute atomic E-state index is 0.0136. The maximum absolute atomic E-state index is 10.8. The van der Waals surface area contributed by atoms with Crippen LogP contribution >= 0.6 is 0 Å². The lowest BCUT2D eigenvalue weighted by Crippen LogP contribution is -2.28. The van der Waals surface area contributed by atoms with Crippen molar-refractivity contribution in [3.63, 3.8) is 0 Å². The van der Waals surface area contributed by atoms with Crippen LogP contribution in [0, 0.1) is 10.1 Å². The van der Waals surface area contributed by atoms with E-state index in [0.717, 1.165) is 25.1 Å². The monoisotopic (exact) mass is 264 g/mol. The normalized spacial score (nSPS) is 19.6. The van der Waals surface area contributed by atoms with E-state index in [9.17, 15) is 10.1 Å². The molecule has 6 heteroatoms. The third-order valence-electron chi connectivity index (χ3n) is 3.77. The Bertz CT molecular complexity index is 464. The van der Waals surface area contributed by atoms with Gasteiger partial charge in [-0.1, -0.05) is 13.0 Å². The van der Waals surface area contributed by atoms with Crippen LogP contribution in [-0.4, -0.2) is 22.4 Å². The zero-order valence-electron chi connectivity index (χ0n) is 11.1. The van der Waals surface area contributed by atoms with Crippen LogP contribution in [0.5, 0.6) is 0 Å². The summed E-state index contributed by atoms with van der Waals surface area (Å²) in [6.07, 6.45) is 3.62. The fourth-order valence-corrected chi connectivity index (χ4v) is 2.76. The number of nitrogens with two attached hydrogens (primary N) is 1. The Labute approximate surface area is 112 Å². The number of anilines is 1. The van der Waals surface area contributed by atoms with Gasteiger partial charge >= 0.3 is 0 Å². The van der Waals surface area contributed by atoms with Crippen LogP contribution in [0.15, 0.2) is 18.2 Å². The van der Waals surface area contributed by atoms with Gasteiger partial charge in [0.2, 0.25) is 0 Å². The van der Waals surface area contributed by atoms with Crippen LogP contribution in [0.3, 0.4) is 0 Å². The third kappa shape index (κ3) is 3.02. The summed E-state index contributed by atoms with van der Waals surface area (Å²) in [6, 6.07) is 5.72. The number of hydrogen-bond acceptors (Lipinski definition) is 5. The molecule has 2 rings (SSSR count). The molecule has 6 nitrogen and oxygen atoms in total. The van der Waals surface area contributed by atoms with Crippen LogP contribution in [-0.2, 0) is 6.54 Å². The molecule has 3 N–H and O–H groups in total. The molecule has 0 aliphatic carbocycles. The van der Waals surface area contributed by atoms with Gasteiger partial charge in [0.15, 0.2) is 0 Å². The average Bonchev–Trinajstić information content (AvgIpc) is 2.85. The zero-order valence-corrected chi connectivity index (χ0v) is 11.1. The van der Waals surface area contributed by atoms with Gasteiger partial charge in [-0.25, -0.2) is 0 Å². The van der Waals surface area contributed by atoms with E-state index in [1.807, 2.05) is 6.07 Å². The van der Waals surface area contributed by atoms with Gasteiger partial charge in [0.05, 0.1) is 4.92 Å². The highest BCUT2D eigenvalue weighted by Crippen LogP contribution is 2.27. The molecular formula is C13H20N4O2. The topological polar surface area (TPSA) is 84.4 Å². The van der Waals surface area contributed by atoms with Crippen molar-refractivity contribution in [1.29, 1.82) is 0 Å². The maximum atomic E-state index is 10.8. The molecule has 0 aromatic heterocycles. The fourth-order valence-electron chi connectivity index (χ4n) is 2.76. The first-order chi connectivity index (χ1) is 9.15. The number of hydrogen-bond donors (Lipinski definition) is 2. The van der Waals surface area contributed by atoms with E-state index in [2.05, 4.69) is 17.2 Å². The van der Waals surface area contributed by atoms with Crippen molar-refractivity contribution >= 4 is 11.4 Å². The molecule has 1 heterocycles. The van der Waals surface area contributed by atoms with E-state index in [1.165, 1.54) is 18.9 Å². The second kappa shape index (κ2) is 5.99. The van der Waals surface area contributed by atoms with Crippen molar-refractivity contribution in [3.05, 3.63) is 33.9 Å². The molecule has 1 aromatic rings. The molecule has 0 bridgehead atoms. The number of nitrogens with zero attached hydrogens (tertiary/aromatic N) is 2. The lowest BCUT2D eigenvalue weighted by Gasteiger charge is -2.23. The van der Waals surface area contributed by atoms with E-state index >= 15 is 0 Å². The minimum atomic E-state index is -0.427. The van der Waals surface area contributed by atoms with Crippen molar-refractivity contribution in [2.24, 2.45) is 5.84 Å². The van der Waals surface area contributed by atoms with E-state index in [0.29, 0.717) is 11.7 Å². The molecule has 1 aliphatic rings. The lowest BCUT2D eigenvalue weighted by atomic mass is 10.1. The first kappa shape index (κ1) is 13.8. The maximum Gasteiger partial charge on any atom is 0.293 e. The van der Waals surface area contributed by atoms with Crippen LogP contribution in [0.25, 0.3) is 0 Å². The largest absolute Gasteiger partial charge is 0.318 e. The molecule has 0 amide bonds. The molecule has 0 spiro atoms. The van der Waals surface area contributed by atoms with Gasteiger partial charge in [0, 0.05) is 18.7 Å². The molecule has 104 valence electrons. The summed E-state index contributed by atoms with van der Waals surface area (Å²) in [5.74, 6) is 5.35. The van der Waals surface area contributed by atoms with Crippen LogP contribution < -0.4 is 11.3 Å². The van der Waals surface area contributed by atoms with Gasteiger partial charge in [-0.2, -0.15) is 0 Å². The van der Waals surface area contributed by atoms with Gasteiger partial charge in [-0.15, -0.1) is 0 Å². The Balaban J connectivity index is 2.15. The summed E-state index contributed by atoms with van der Waals surface area (Å²) in [5.41, 5.74) is 3.85. The molecule has 1 aliphatic heterocycles. The van der Waals surface area contributed by atoms with Gasteiger partial charge in [-0.3, -0.25) is 20.9 Å². The summed E-state index contributed by atoms with van der Waals surface area (Å²) in [5, 5.41) is 10.8. The van der Waals surface area contributed by atoms with Gasteiger partial charge in [0.1, 0.15) is 5.69 Å². The van der Waals surface area contributed by atoms with Gasteiger partial charge in [0.25, 0.3) is 5.69 Å². The second-order valence-corrected chi connectivity index (χ2v) is 4.93. The Kier molecular flexibility index (Phi) is 4.34. The van der Waals surface area contributed by atoms with Gasteiger partial charge in [-0.05, 0) is 37.4 Å². The highest BCUT2D eigenvalue weighted by atomic mass is 16.6. The van der Waals surface area contributed by atoms with Crippen LogP contribution in [0.1, 0.15) is 31.7 Å². The fraction of sp³-hybridized carbons (Fsp3) is 0.538. The quantitative estimate of drug-likeness (QED) is 0.484. The predicted octanol–water partition coefficient (Wildman–Crippen LogP) is 2.25. The van der Waals surface area contributed by atoms with Gasteiger partial charge < -0.3 is 5.43 Å². The molecule has 1 fully saturated rings. The predicted molar refractivity (Wildman–Crippen MR) is 74.6 cm³/mol. The first-order valence-electron chi connectivity index (χ1n) is 6.63. The average molecular weight is 264 g/mol. The Hall–Kier alpha value is -1.66. The van der Waals surface area contributed by atoms with E-state index < -0.39 is 4.92 Å². The number of nitro benzene ring substituents is 1. The SMILES string of the molecule is CCC1CCCN1Cc1ccc([N+](=O)[O-])c(NN)c1. The molecular weight excluding hydrogens is 244 g/mol. The van der Waals surface area contributed by atoms with E-state index in [4.69, 9.17) is 5.84 Å². The second-order valence-electron chi connectivity index (χ2n) is 4.93. The zero-order chi connectivity index (χ0) is 13.8. The number of hydrazine groups is 1. The number of nitro groups is 1. The molecule has 1 unspecified atom stereocenters. The molecule has 1 aromatic carbocycles. The number of nitrogen functional groups attached to an aromatic ring is 1. The molecule has 1 saturated heterocycles. The van der Waals surface area contributed by atoms with Crippen molar-refractivity contribution in [2.75, 3.05) is 12.0 Å². The van der Waals surface area contributed by atoms with Crippen LogP contribution in [0.4, 0.5) is 11.4 Å². The number of likely N-dealkylation sites (tertiary alicyclic amines) is 1. The molecule has 0 radical (unpaired) electrons. The number of benzene rings is 1. The summed E-state index contributed by atoms with van der Waals surface area (Å²) in [4.78, 5) is 12.8. The summed E-state index contributed by atoms with van der Waals surface area (Å²) >= 11 is 0. The van der Waals surface area contributed by atoms with E-state index in [1.54, 1.807) is 6.07 Å². The van der Waals surface area contributed by atoms with Crippen molar-refractivity contribution in [2.45, 2.75) is 38.8 Å². The number of rotatable bonds is 5. The Morgan fingerprint density at radius 3 is 3.00 bits per heavy atom. The minimum Gasteiger partial charge on any atom is -0.318 e. The molecule has 0 saturated carbocycles. The third-order valence-corrected chi connectivity index (χ3v) is 3.77. The summed E-state index contributed by atoms with van der Waals surface area (Å²) in [7, 11) is 0. The standard InChI is InChI=1S/C13H20N4O2/c1-2-11-4-3-7-16(11)9-10-5-6-13(17(18)19)12(8-10)15-14/h5-6,8,11,15H,2-4,7,9,14H2,1H3. The number of nitrogens with one attached hydrogen (secondary N) is 1. The highest BCUT2D eigenvalue weighted by molar-refractivity contribution is 5.62. The summed E-state index contributed by atoms with van der Waals surface area (Å²) < 4.78 is 0. The van der Waals surface area contributed by atoms with E-state index in [-0.39, 0.29) is 5.69 Å². The Morgan fingerprint density at radius 2 is 2.37 bits per heavy atom. The first-order valence-corrected chi connectivity index (χ1v) is 6.63. The van der Waals surface area contributed by atoms with Crippen molar-refractivity contribution in [1.82, 2.24) is 4.90 Å². The molecule has 19 heavy (non-hydrogen) atoms. The lowest BCUT2D eigenvalue weighted by molar-refractivity contribution is -0.384. The summed E-state index contributed by atoms with van der Waals surface area (Å²) in [6.45, 7) is 4.12. The van der Waals surface area contributed by atoms with Crippen molar-refractivity contribution < 1.29 is 4.92 Å². The Morgan fingerprint density at radius 1 is 1.58 bits per heavy atom. The molecule has 1 atom stereocenters. The van der Waals surface area contributed by atoms with Crippen molar-refractivity contribution in [3.8, 4) is 0 Å². The van der Waals surface area contributed by atoms with Crippen LogP contribution in [0.2, 0.25) is 0 Å². The smallest absolute Gasteiger partial charge is 0.293 e.